The third kappa shape index (κ3) is 3.10. The summed E-state index contributed by atoms with van der Waals surface area (Å²) in [6, 6.07) is 10.7. The lowest BCUT2D eigenvalue weighted by Gasteiger charge is -2.08. The predicted molar refractivity (Wildman–Crippen MR) is 71.8 cm³/mol. The van der Waals surface area contributed by atoms with Crippen molar-refractivity contribution in [2.75, 3.05) is 14.2 Å². The summed E-state index contributed by atoms with van der Waals surface area (Å²) in [5.74, 6) is 1.16. The summed E-state index contributed by atoms with van der Waals surface area (Å²) >= 11 is 0. The smallest absolute Gasteiger partial charge is 0.168 e. The SMILES string of the molecule is COc1ccc(C(=O)Cc2ccccn2)cc1OC. The Labute approximate surface area is 112 Å². The van der Waals surface area contributed by atoms with Gasteiger partial charge in [-0.15, -0.1) is 0 Å². The number of rotatable bonds is 5. The Balaban J connectivity index is 2.20. The molecular formula is C15H15NO3. The Morgan fingerprint density at radius 1 is 1.11 bits per heavy atom. The van der Waals surface area contributed by atoms with E-state index in [1.54, 1.807) is 38.6 Å². The second-order valence-electron chi connectivity index (χ2n) is 3.99. The van der Waals surface area contributed by atoms with Gasteiger partial charge in [0.05, 0.1) is 20.6 Å². The van der Waals surface area contributed by atoms with Crippen LogP contribution in [0.4, 0.5) is 0 Å². The van der Waals surface area contributed by atoms with Crippen LogP contribution in [0, 0.1) is 0 Å². The van der Waals surface area contributed by atoms with E-state index >= 15 is 0 Å². The van der Waals surface area contributed by atoms with Crippen LogP contribution in [0.2, 0.25) is 0 Å². The van der Waals surface area contributed by atoms with Gasteiger partial charge in [-0.05, 0) is 30.3 Å². The number of benzene rings is 1. The van der Waals surface area contributed by atoms with E-state index in [2.05, 4.69) is 4.98 Å². The molecule has 0 aliphatic carbocycles. The van der Waals surface area contributed by atoms with Gasteiger partial charge in [0.15, 0.2) is 17.3 Å². The van der Waals surface area contributed by atoms with Gasteiger partial charge >= 0.3 is 0 Å². The Morgan fingerprint density at radius 3 is 2.53 bits per heavy atom. The van der Waals surface area contributed by atoms with Gasteiger partial charge in [-0.1, -0.05) is 6.07 Å². The Hall–Kier alpha value is -2.36. The lowest BCUT2D eigenvalue weighted by Crippen LogP contribution is -2.05. The molecule has 2 aromatic rings. The maximum Gasteiger partial charge on any atom is 0.168 e. The number of carbonyl (C=O) groups excluding carboxylic acids is 1. The summed E-state index contributed by atoms with van der Waals surface area (Å²) in [4.78, 5) is 16.3. The van der Waals surface area contributed by atoms with Crippen molar-refractivity contribution >= 4 is 5.78 Å². The van der Waals surface area contributed by atoms with Crippen molar-refractivity contribution in [1.29, 1.82) is 0 Å². The van der Waals surface area contributed by atoms with E-state index in [1.807, 2.05) is 18.2 Å². The first-order valence-electron chi connectivity index (χ1n) is 5.89. The first-order valence-corrected chi connectivity index (χ1v) is 5.89. The van der Waals surface area contributed by atoms with Gasteiger partial charge in [-0.25, -0.2) is 0 Å². The highest BCUT2D eigenvalue weighted by atomic mass is 16.5. The van der Waals surface area contributed by atoms with Gasteiger partial charge in [0.2, 0.25) is 0 Å². The van der Waals surface area contributed by atoms with Gasteiger partial charge in [-0.3, -0.25) is 9.78 Å². The fourth-order valence-corrected chi connectivity index (χ4v) is 1.78. The highest BCUT2D eigenvalue weighted by Gasteiger charge is 2.11. The number of ketones is 1. The number of hydrogen-bond acceptors (Lipinski definition) is 4. The molecule has 0 spiro atoms. The number of aromatic nitrogens is 1. The van der Waals surface area contributed by atoms with Crippen LogP contribution in [0.25, 0.3) is 0 Å². The summed E-state index contributed by atoms with van der Waals surface area (Å²) in [7, 11) is 3.11. The molecular weight excluding hydrogens is 242 g/mol. The summed E-state index contributed by atoms with van der Waals surface area (Å²) in [6.45, 7) is 0. The van der Waals surface area contributed by atoms with Gasteiger partial charge in [0.1, 0.15) is 0 Å². The van der Waals surface area contributed by atoms with E-state index in [0.29, 0.717) is 17.1 Å². The van der Waals surface area contributed by atoms with Crippen LogP contribution in [0.1, 0.15) is 16.1 Å². The average Bonchev–Trinajstić information content (AvgIpc) is 2.47. The molecule has 1 aromatic carbocycles. The number of Topliss-reactive ketones (excluding diaryl/α,β-unsaturated/α-hetero) is 1. The van der Waals surface area contributed by atoms with Crippen molar-refractivity contribution in [3.63, 3.8) is 0 Å². The molecule has 0 bridgehead atoms. The van der Waals surface area contributed by atoms with Crippen molar-refractivity contribution < 1.29 is 14.3 Å². The van der Waals surface area contributed by atoms with Crippen molar-refractivity contribution in [2.24, 2.45) is 0 Å². The minimum atomic E-state index is -0.000321. The monoisotopic (exact) mass is 257 g/mol. The summed E-state index contributed by atoms with van der Waals surface area (Å²) < 4.78 is 10.3. The van der Waals surface area contributed by atoms with Crippen molar-refractivity contribution in [1.82, 2.24) is 4.98 Å². The van der Waals surface area contributed by atoms with E-state index in [0.717, 1.165) is 5.69 Å². The molecule has 98 valence electrons. The zero-order valence-corrected chi connectivity index (χ0v) is 10.9. The fourth-order valence-electron chi connectivity index (χ4n) is 1.78. The largest absolute Gasteiger partial charge is 0.493 e. The second kappa shape index (κ2) is 6.00. The Kier molecular flexibility index (Phi) is 4.13. The lowest BCUT2D eigenvalue weighted by molar-refractivity contribution is 0.0991. The average molecular weight is 257 g/mol. The molecule has 0 saturated carbocycles. The molecule has 0 N–H and O–H groups in total. The van der Waals surface area contributed by atoms with Gasteiger partial charge in [-0.2, -0.15) is 0 Å². The number of methoxy groups -OCH3 is 2. The minimum Gasteiger partial charge on any atom is -0.493 e. The zero-order chi connectivity index (χ0) is 13.7. The minimum absolute atomic E-state index is 0.000321. The maximum absolute atomic E-state index is 12.1. The van der Waals surface area contributed by atoms with Gasteiger partial charge < -0.3 is 9.47 Å². The van der Waals surface area contributed by atoms with E-state index in [-0.39, 0.29) is 12.2 Å². The third-order valence-electron chi connectivity index (χ3n) is 2.77. The molecule has 1 aromatic heterocycles. The Morgan fingerprint density at radius 2 is 1.89 bits per heavy atom. The van der Waals surface area contributed by atoms with Crippen LogP contribution >= 0.6 is 0 Å². The number of hydrogen-bond donors (Lipinski definition) is 0. The number of carbonyl (C=O) groups is 1. The van der Waals surface area contributed by atoms with E-state index < -0.39 is 0 Å². The molecule has 0 fully saturated rings. The lowest BCUT2D eigenvalue weighted by atomic mass is 10.1. The summed E-state index contributed by atoms with van der Waals surface area (Å²) in [6.07, 6.45) is 1.95. The van der Waals surface area contributed by atoms with Gasteiger partial charge in [0.25, 0.3) is 0 Å². The molecule has 0 aliphatic rings. The molecule has 0 amide bonds. The zero-order valence-electron chi connectivity index (χ0n) is 10.9. The second-order valence-corrected chi connectivity index (χ2v) is 3.99. The topological polar surface area (TPSA) is 48.4 Å². The molecule has 2 rings (SSSR count). The summed E-state index contributed by atoms with van der Waals surface area (Å²) in [5, 5.41) is 0. The highest BCUT2D eigenvalue weighted by molar-refractivity contribution is 5.97. The Bertz CT molecular complexity index is 567. The fraction of sp³-hybridized carbons (Fsp3) is 0.200. The van der Waals surface area contributed by atoms with Crippen molar-refractivity contribution in [3.8, 4) is 11.5 Å². The first-order chi connectivity index (χ1) is 9.24. The first kappa shape index (κ1) is 13.1. The van der Waals surface area contributed by atoms with Crippen molar-refractivity contribution in [3.05, 3.63) is 53.9 Å². The normalized spacial score (nSPS) is 10.0. The molecule has 0 saturated heterocycles. The van der Waals surface area contributed by atoms with Crippen LogP contribution in [0.5, 0.6) is 11.5 Å². The van der Waals surface area contributed by atoms with Crippen LogP contribution in [0.15, 0.2) is 42.6 Å². The molecule has 4 heteroatoms. The third-order valence-corrected chi connectivity index (χ3v) is 2.77. The van der Waals surface area contributed by atoms with Crippen LogP contribution in [0.3, 0.4) is 0 Å². The molecule has 0 aliphatic heterocycles. The molecule has 19 heavy (non-hydrogen) atoms. The number of pyridine rings is 1. The van der Waals surface area contributed by atoms with E-state index in [9.17, 15) is 4.79 Å². The molecule has 0 unspecified atom stereocenters. The standard InChI is InChI=1S/C15H15NO3/c1-18-14-7-6-11(9-15(14)19-2)13(17)10-12-5-3-4-8-16-12/h3-9H,10H2,1-2H3. The quantitative estimate of drug-likeness (QED) is 0.772. The van der Waals surface area contributed by atoms with E-state index in [4.69, 9.17) is 9.47 Å². The van der Waals surface area contributed by atoms with Crippen molar-refractivity contribution in [2.45, 2.75) is 6.42 Å². The van der Waals surface area contributed by atoms with Gasteiger partial charge in [0, 0.05) is 17.5 Å². The van der Waals surface area contributed by atoms with Crippen LogP contribution in [-0.4, -0.2) is 25.0 Å². The highest BCUT2D eigenvalue weighted by Crippen LogP contribution is 2.27. The molecule has 1 heterocycles. The number of nitrogens with zero attached hydrogens (tertiary/aromatic N) is 1. The van der Waals surface area contributed by atoms with E-state index in [1.165, 1.54) is 0 Å². The number of ether oxygens (including phenoxy) is 2. The molecule has 4 nitrogen and oxygen atoms in total. The predicted octanol–water partition coefficient (Wildman–Crippen LogP) is 2.52. The van der Waals surface area contributed by atoms with Crippen LogP contribution in [-0.2, 0) is 6.42 Å². The molecule has 0 radical (unpaired) electrons. The maximum atomic E-state index is 12.1. The van der Waals surface area contributed by atoms with Crippen LogP contribution < -0.4 is 9.47 Å². The molecule has 0 atom stereocenters. The summed E-state index contributed by atoms with van der Waals surface area (Å²) in [5.41, 5.74) is 1.34.